The second-order valence-electron chi connectivity index (χ2n) is 5.38. The van der Waals surface area contributed by atoms with Crippen molar-refractivity contribution in [1.29, 1.82) is 0 Å². The van der Waals surface area contributed by atoms with Crippen molar-refractivity contribution in [2.45, 2.75) is 11.3 Å². The average molecular weight is 350 g/mol. The minimum Gasteiger partial charge on any atom is -0.492 e. The van der Waals surface area contributed by atoms with Crippen molar-refractivity contribution < 1.29 is 13.2 Å². The van der Waals surface area contributed by atoms with E-state index in [4.69, 9.17) is 9.88 Å². The number of ether oxygens (including phenoxy) is 1. The van der Waals surface area contributed by atoms with E-state index in [-0.39, 0.29) is 17.3 Å². The van der Waals surface area contributed by atoms with Crippen molar-refractivity contribution in [3.05, 3.63) is 24.3 Å². The van der Waals surface area contributed by atoms with Crippen molar-refractivity contribution in [1.82, 2.24) is 10.2 Å². The quantitative estimate of drug-likeness (QED) is 0.756. The van der Waals surface area contributed by atoms with E-state index in [9.17, 15) is 8.42 Å². The Morgan fingerprint density at radius 2 is 2.05 bits per heavy atom. The van der Waals surface area contributed by atoms with E-state index in [2.05, 4.69) is 10.2 Å². The zero-order valence-electron chi connectivity index (χ0n) is 12.7. The topological polar surface area (TPSA) is 84.7 Å². The third-order valence-electron chi connectivity index (χ3n) is 3.69. The van der Waals surface area contributed by atoms with Crippen LogP contribution in [0.4, 0.5) is 0 Å². The molecule has 2 rings (SSSR count). The Labute approximate surface area is 138 Å². The minimum atomic E-state index is -3.63. The first-order valence-electron chi connectivity index (χ1n) is 7.11. The summed E-state index contributed by atoms with van der Waals surface area (Å²) in [5.74, 6) is 1.39. The summed E-state index contributed by atoms with van der Waals surface area (Å²) in [5, 5.41) is 8.26. The number of likely N-dealkylation sites (tertiary alicyclic amines) is 1. The maximum Gasteiger partial charge on any atom is 0.238 e. The Morgan fingerprint density at radius 3 is 2.64 bits per heavy atom. The van der Waals surface area contributed by atoms with Crippen LogP contribution in [0.25, 0.3) is 0 Å². The van der Waals surface area contributed by atoms with Gasteiger partial charge in [0.05, 0.1) is 4.90 Å². The summed E-state index contributed by atoms with van der Waals surface area (Å²) < 4.78 is 27.9. The molecule has 0 saturated carbocycles. The standard InChI is InChI=1S/C14H23N3O3S.ClH/c1-16-10-12-6-7-17(11-12)8-9-20-13-2-4-14(5-3-13)21(15,18)19;/h2-5,12,16H,6-11H2,1H3,(H2,15,18,19);1H. The number of nitrogens with one attached hydrogen (secondary N) is 1. The maximum atomic E-state index is 11.1. The second-order valence-corrected chi connectivity index (χ2v) is 6.94. The molecule has 0 radical (unpaired) electrons. The van der Waals surface area contributed by atoms with Gasteiger partial charge in [-0.25, -0.2) is 13.6 Å². The highest BCUT2D eigenvalue weighted by molar-refractivity contribution is 7.89. The molecule has 1 aromatic rings. The number of hydrogen-bond acceptors (Lipinski definition) is 5. The Balaban J connectivity index is 0.00000242. The van der Waals surface area contributed by atoms with Crippen molar-refractivity contribution >= 4 is 22.4 Å². The third-order valence-corrected chi connectivity index (χ3v) is 4.62. The molecule has 0 spiro atoms. The van der Waals surface area contributed by atoms with Gasteiger partial charge in [0.25, 0.3) is 0 Å². The minimum absolute atomic E-state index is 0. The lowest BCUT2D eigenvalue weighted by molar-refractivity contribution is 0.232. The summed E-state index contributed by atoms with van der Waals surface area (Å²) >= 11 is 0. The van der Waals surface area contributed by atoms with E-state index in [1.165, 1.54) is 18.6 Å². The Kier molecular flexibility index (Phi) is 7.58. The monoisotopic (exact) mass is 349 g/mol. The molecule has 22 heavy (non-hydrogen) atoms. The molecule has 1 aliphatic rings. The number of hydrogen-bond donors (Lipinski definition) is 2. The Bertz CT molecular complexity index is 551. The summed E-state index contributed by atoms with van der Waals surface area (Å²) in [6.45, 7) is 4.76. The molecule has 0 bridgehead atoms. The van der Waals surface area contributed by atoms with E-state index in [0.717, 1.165) is 32.1 Å². The summed E-state index contributed by atoms with van der Waals surface area (Å²) in [6.07, 6.45) is 1.23. The lowest BCUT2D eigenvalue weighted by Crippen LogP contribution is -2.28. The smallest absolute Gasteiger partial charge is 0.238 e. The van der Waals surface area contributed by atoms with E-state index in [1.54, 1.807) is 12.1 Å². The lowest BCUT2D eigenvalue weighted by atomic mass is 10.1. The molecule has 0 aliphatic carbocycles. The molecular weight excluding hydrogens is 326 g/mol. The molecule has 1 atom stereocenters. The molecule has 0 aromatic heterocycles. The van der Waals surface area contributed by atoms with E-state index < -0.39 is 10.0 Å². The van der Waals surface area contributed by atoms with Crippen molar-refractivity contribution in [2.75, 3.05) is 39.8 Å². The first-order chi connectivity index (χ1) is 9.99. The molecule has 6 nitrogen and oxygen atoms in total. The van der Waals surface area contributed by atoms with Crippen LogP contribution in [-0.2, 0) is 10.0 Å². The SMILES string of the molecule is CNCC1CCN(CCOc2ccc(S(N)(=O)=O)cc2)C1.Cl. The molecule has 1 aromatic carbocycles. The van der Waals surface area contributed by atoms with Gasteiger partial charge in [-0.2, -0.15) is 0 Å². The highest BCUT2D eigenvalue weighted by atomic mass is 35.5. The Morgan fingerprint density at radius 1 is 1.36 bits per heavy atom. The zero-order chi connectivity index (χ0) is 15.3. The normalized spacial score (nSPS) is 18.9. The molecule has 1 fully saturated rings. The van der Waals surface area contributed by atoms with Gasteiger partial charge >= 0.3 is 0 Å². The maximum absolute atomic E-state index is 11.1. The van der Waals surface area contributed by atoms with Gasteiger partial charge in [-0.3, -0.25) is 4.90 Å². The van der Waals surface area contributed by atoms with Crippen LogP contribution in [0.5, 0.6) is 5.75 Å². The van der Waals surface area contributed by atoms with Gasteiger partial charge in [-0.05, 0) is 56.7 Å². The fourth-order valence-corrected chi connectivity index (χ4v) is 3.10. The largest absolute Gasteiger partial charge is 0.492 e. The molecule has 8 heteroatoms. The molecular formula is C14H24ClN3O3S. The highest BCUT2D eigenvalue weighted by Gasteiger charge is 2.21. The van der Waals surface area contributed by atoms with Crippen molar-refractivity contribution in [2.24, 2.45) is 11.1 Å². The first-order valence-corrected chi connectivity index (χ1v) is 8.66. The first kappa shape index (κ1) is 19.2. The predicted molar refractivity (Wildman–Crippen MR) is 89.0 cm³/mol. The zero-order valence-corrected chi connectivity index (χ0v) is 14.3. The summed E-state index contributed by atoms with van der Waals surface area (Å²) in [4.78, 5) is 2.49. The van der Waals surface area contributed by atoms with Gasteiger partial charge < -0.3 is 10.1 Å². The van der Waals surface area contributed by atoms with Crippen LogP contribution in [0.1, 0.15) is 6.42 Å². The molecule has 0 amide bonds. The number of rotatable bonds is 7. The highest BCUT2D eigenvalue weighted by Crippen LogP contribution is 2.17. The number of sulfonamides is 1. The molecule has 126 valence electrons. The average Bonchev–Trinajstić information content (AvgIpc) is 2.86. The summed E-state index contributed by atoms with van der Waals surface area (Å²) in [7, 11) is -1.65. The van der Waals surface area contributed by atoms with Crippen molar-refractivity contribution in [3.63, 3.8) is 0 Å². The molecule has 1 aliphatic heterocycles. The predicted octanol–water partition coefficient (Wildman–Crippen LogP) is 0.676. The van der Waals surface area contributed by atoms with Gasteiger partial charge in [-0.15, -0.1) is 12.4 Å². The number of nitrogens with zero attached hydrogens (tertiary/aromatic N) is 1. The van der Waals surface area contributed by atoms with Crippen LogP contribution >= 0.6 is 12.4 Å². The number of halogens is 1. The van der Waals surface area contributed by atoms with E-state index in [0.29, 0.717) is 12.4 Å². The van der Waals surface area contributed by atoms with Gasteiger partial charge in [0, 0.05) is 13.1 Å². The van der Waals surface area contributed by atoms with Gasteiger partial charge in [0.1, 0.15) is 12.4 Å². The Hall–Kier alpha value is -0.860. The molecule has 1 unspecified atom stereocenters. The fourth-order valence-electron chi connectivity index (χ4n) is 2.59. The van der Waals surface area contributed by atoms with Crippen molar-refractivity contribution in [3.8, 4) is 5.75 Å². The van der Waals surface area contributed by atoms with Crippen LogP contribution in [0.15, 0.2) is 29.2 Å². The van der Waals surface area contributed by atoms with Gasteiger partial charge in [0.15, 0.2) is 0 Å². The van der Waals surface area contributed by atoms with Crippen LogP contribution < -0.4 is 15.2 Å². The third kappa shape index (κ3) is 5.73. The number of benzene rings is 1. The second kappa shape index (κ2) is 8.69. The van der Waals surface area contributed by atoms with Crippen LogP contribution in [0.3, 0.4) is 0 Å². The van der Waals surface area contributed by atoms with Crippen LogP contribution in [-0.4, -0.2) is 53.2 Å². The van der Waals surface area contributed by atoms with Crippen LogP contribution in [0, 0.1) is 5.92 Å². The molecule has 1 heterocycles. The number of nitrogens with two attached hydrogens (primary N) is 1. The summed E-state index contributed by atoms with van der Waals surface area (Å²) in [6, 6.07) is 6.19. The fraction of sp³-hybridized carbons (Fsp3) is 0.571. The van der Waals surface area contributed by atoms with E-state index >= 15 is 0 Å². The lowest BCUT2D eigenvalue weighted by Gasteiger charge is -2.16. The molecule has 3 N–H and O–H groups in total. The summed E-state index contributed by atoms with van der Waals surface area (Å²) in [5.41, 5.74) is 0. The van der Waals surface area contributed by atoms with Gasteiger partial charge in [0.2, 0.25) is 10.0 Å². The van der Waals surface area contributed by atoms with E-state index in [1.807, 2.05) is 7.05 Å². The molecule has 1 saturated heterocycles. The van der Waals surface area contributed by atoms with Gasteiger partial charge in [-0.1, -0.05) is 0 Å². The number of primary sulfonamides is 1. The van der Waals surface area contributed by atoms with Crippen LogP contribution in [0.2, 0.25) is 0 Å².